The first kappa shape index (κ1) is 23.7. The van der Waals surface area contributed by atoms with Crippen LogP contribution in [-0.2, 0) is 19.1 Å². The summed E-state index contributed by atoms with van der Waals surface area (Å²) in [7, 11) is 1.33. The van der Waals surface area contributed by atoms with Crippen molar-refractivity contribution in [2.75, 3.05) is 32.1 Å². The third-order valence-corrected chi connectivity index (χ3v) is 4.21. The van der Waals surface area contributed by atoms with E-state index in [0.29, 0.717) is 16.8 Å². The lowest BCUT2D eigenvalue weighted by Crippen LogP contribution is -2.38. The monoisotopic (exact) mass is 453 g/mol. The minimum atomic E-state index is -1.09. The van der Waals surface area contributed by atoms with E-state index in [-0.39, 0.29) is 6.54 Å². The highest BCUT2D eigenvalue weighted by molar-refractivity contribution is 6.33. The van der Waals surface area contributed by atoms with Crippen LogP contribution in [0.15, 0.2) is 42.5 Å². The Kier molecular flexibility index (Phi) is 8.44. The molecule has 0 bridgehead atoms. The Morgan fingerprint density at radius 3 is 2.48 bits per heavy atom. The van der Waals surface area contributed by atoms with Gasteiger partial charge in [0.1, 0.15) is 18.2 Å². The maximum absolute atomic E-state index is 13.5. The number of anilines is 1. The van der Waals surface area contributed by atoms with Gasteiger partial charge < -0.3 is 20.3 Å². The molecule has 0 aliphatic carbocycles. The minimum absolute atomic E-state index is 0.317. The van der Waals surface area contributed by atoms with E-state index in [9.17, 15) is 28.0 Å². The fourth-order valence-electron chi connectivity index (χ4n) is 2.28. The summed E-state index contributed by atoms with van der Waals surface area (Å²) in [6.07, 6.45) is 0. The fraction of sp³-hybridized carbons (Fsp3) is 0.200. The zero-order valence-electron chi connectivity index (χ0n) is 16.3. The van der Waals surface area contributed by atoms with E-state index in [1.54, 1.807) is 24.3 Å². The second-order valence-corrected chi connectivity index (χ2v) is 6.65. The van der Waals surface area contributed by atoms with Gasteiger partial charge in [-0.1, -0.05) is 23.7 Å². The number of ether oxygens (including phenoxy) is 1. The molecule has 2 N–H and O–H groups in total. The van der Waals surface area contributed by atoms with Crippen LogP contribution in [0.2, 0.25) is 5.02 Å². The molecule has 0 saturated heterocycles. The van der Waals surface area contributed by atoms with Crippen molar-refractivity contribution in [3.63, 3.8) is 0 Å². The van der Waals surface area contributed by atoms with Crippen LogP contribution in [-0.4, -0.2) is 55.3 Å². The molecule has 0 aliphatic heterocycles. The summed E-state index contributed by atoms with van der Waals surface area (Å²) in [5.41, 5.74) is -0.0654. The first-order valence-corrected chi connectivity index (χ1v) is 9.22. The summed E-state index contributed by atoms with van der Waals surface area (Å²) in [6, 6.07) is 8.91. The molecule has 0 saturated carbocycles. The van der Waals surface area contributed by atoms with E-state index < -0.39 is 54.0 Å². The SMILES string of the molecule is CN(CC(=O)Nc1ccccc1Cl)C(=O)COC(=O)CNC(=O)c1ccc(F)cc1F. The van der Waals surface area contributed by atoms with Gasteiger partial charge in [-0.3, -0.25) is 19.2 Å². The van der Waals surface area contributed by atoms with Crippen LogP contribution in [0.1, 0.15) is 10.4 Å². The Morgan fingerprint density at radius 2 is 1.81 bits per heavy atom. The maximum atomic E-state index is 13.5. The summed E-state index contributed by atoms with van der Waals surface area (Å²) in [6.45, 7) is -1.63. The lowest BCUT2D eigenvalue weighted by Gasteiger charge is -2.17. The van der Waals surface area contributed by atoms with Gasteiger partial charge in [0.05, 0.1) is 22.8 Å². The molecule has 0 aromatic heterocycles. The lowest BCUT2D eigenvalue weighted by molar-refractivity contribution is -0.150. The van der Waals surface area contributed by atoms with Gasteiger partial charge in [0.2, 0.25) is 5.91 Å². The summed E-state index contributed by atoms with van der Waals surface area (Å²) < 4.78 is 31.1. The molecule has 0 heterocycles. The number of nitrogens with one attached hydrogen (secondary N) is 2. The highest BCUT2D eigenvalue weighted by Gasteiger charge is 2.17. The Morgan fingerprint density at radius 1 is 1.10 bits per heavy atom. The molecule has 0 unspecified atom stereocenters. The number of nitrogens with zero attached hydrogens (tertiary/aromatic N) is 1. The number of likely N-dealkylation sites (N-methyl/N-ethyl adjacent to an activating group) is 1. The van der Waals surface area contributed by atoms with Crippen molar-refractivity contribution in [2.45, 2.75) is 0 Å². The zero-order chi connectivity index (χ0) is 23.0. The Balaban J connectivity index is 1.74. The van der Waals surface area contributed by atoms with Crippen molar-refractivity contribution in [1.82, 2.24) is 10.2 Å². The Hall–Kier alpha value is -3.53. The van der Waals surface area contributed by atoms with E-state index in [0.717, 1.165) is 17.0 Å². The predicted molar refractivity (Wildman–Crippen MR) is 107 cm³/mol. The Labute approximate surface area is 181 Å². The van der Waals surface area contributed by atoms with Crippen LogP contribution in [0.25, 0.3) is 0 Å². The average molecular weight is 454 g/mol. The second kappa shape index (κ2) is 11.0. The van der Waals surface area contributed by atoms with Gasteiger partial charge in [0.25, 0.3) is 11.8 Å². The number of halogens is 3. The topological polar surface area (TPSA) is 105 Å². The third kappa shape index (κ3) is 7.34. The van der Waals surface area contributed by atoms with Crippen LogP contribution >= 0.6 is 11.6 Å². The van der Waals surface area contributed by atoms with Gasteiger partial charge >= 0.3 is 5.97 Å². The van der Waals surface area contributed by atoms with Gasteiger partial charge in [0, 0.05) is 13.1 Å². The van der Waals surface area contributed by atoms with Crippen molar-refractivity contribution in [2.24, 2.45) is 0 Å². The summed E-state index contributed by atoms with van der Waals surface area (Å²) in [5.74, 6) is -5.02. The largest absolute Gasteiger partial charge is 0.454 e. The van der Waals surface area contributed by atoms with Gasteiger partial charge in [-0.05, 0) is 24.3 Å². The lowest BCUT2D eigenvalue weighted by atomic mass is 10.2. The number of carbonyl (C=O) groups is 4. The van der Waals surface area contributed by atoms with Gasteiger partial charge in [-0.15, -0.1) is 0 Å². The van der Waals surface area contributed by atoms with Crippen LogP contribution in [0, 0.1) is 11.6 Å². The standard InChI is InChI=1S/C20H18ClF2N3O5/c1-26(10-17(27)25-16-5-3-2-4-14(16)21)18(28)11-31-19(29)9-24-20(30)13-7-6-12(22)8-15(13)23/h2-8H,9-11H2,1H3,(H,24,30)(H,25,27). The molecular weight excluding hydrogens is 436 g/mol. The van der Waals surface area contributed by atoms with Crippen molar-refractivity contribution >= 4 is 41.0 Å². The van der Waals surface area contributed by atoms with Gasteiger partial charge in [0.15, 0.2) is 6.61 Å². The van der Waals surface area contributed by atoms with Gasteiger partial charge in [-0.25, -0.2) is 8.78 Å². The third-order valence-electron chi connectivity index (χ3n) is 3.88. The smallest absolute Gasteiger partial charge is 0.325 e. The number of para-hydroxylation sites is 1. The second-order valence-electron chi connectivity index (χ2n) is 6.25. The molecule has 31 heavy (non-hydrogen) atoms. The van der Waals surface area contributed by atoms with Crippen LogP contribution in [0.4, 0.5) is 14.5 Å². The highest BCUT2D eigenvalue weighted by Crippen LogP contribution is 2.20. The summed E-state index contributed by atoms with van der Waals surface area (Å²) in [4.78, 5) is 48.6. The molecule has 0 fully saturated rings. The molecular formula is C20H18ClF2N3O5. The minimum Gasteiger partial charge on any atom is -0.454 e. The van der Waals surface area contributed by atoms with Gasteiger partial charge in [-0.2, -0.15) is 0 Å². The molecule has 0 radical (unpaired) electrons. The van der Waals surface area contributed by atoms with Crippen LogP contribution in [0.3, 0.4) is 0 Å². The summed E-state index contributed by atoms with van der Waals surface area (Å²) >= 11 is 5.94. The van der Waals surface area contributed by atoms with E-state index >= 15 is 0 Å². The first-order chi connectivity index (χ1) is 14.7. The molecule has 2 aromatic carbocycles. The number of hydrogen-bond acceptors (Lipinski definition) is 5. The Bertz CT molecular complexity index is 1000. The normalized spacial score (nSPS) is 10.2. The molecule has 0 aliphatic rings. The molecule has 2 rings (SSSR count). The zero-order valence-corrected chi connectivity index (χ0v) is 17.0. The van der Waals surface area contributed by atoms with E-state index in [2.05, 4.69) is 10.6 Å². The van der Waals surface area contributed by atoms with E-state index in [1.807, 2.05) is 0 Å². The molecule has 11 heteroatoms. The number of benzene rings is 2. The highest BCUT2D eigenvalue weighted by atomic mass is 35.5. The first-order valence-electron chi connectivity index (χ1n) is 8.84. The number of esters is 1. The maximum Gasteiger partial charge on any atom is 0.325 e. The molecule has 3 amide bonds. The van der Waals surface area contributed by atoms with E-state index in [1.165, 1.54) is 7.05 Å². The molecule has 0 spiro atoms. The molecule has 2 aromatic rings. The van der Waals surface area contributed by atoms with Crippen molar-refractivity contribution in [3.8, 4) is 0 Å². The molecule has 164 valence electrons. The average Bonchev–Trinajstić information content (AvgIpc) is 2.71. The summed E-state index contributed by atoms with van der Waals surface area (Å²) in [5, 5.41) is 4.98. The van der Waals surface area contributed by atoms with Crippen molar-refractivity contribution in [1.29, 1.82) is 0 Å². The number of hydrogen-bond donors (Lipinski definition) is 2. The van der Waals surface area contributed by atoms with Crippen molar-refractivity contribution in [3.05, 3.63) is 64.7 Å². The number of rotatable bonds is 8. The molecule has 8 nitrogen and oxygen atoms in total. The van der Waals surface area contributed by atoms with Crippen molar-refractivity contribution < 1.29 is 32.7 Å². The number of amides is 3. The van der Waals surface area contributed by atoms with Crippen LogP contribution in [0.5, 0.6) is 0 Å². The fourth-order valence-corrected chi connectivity index (χ4v) is 2.46. The predicted octanol–water partition coefficient (Wildman–Crippen LogP) is 1.99. The molecule has 0 atom stereocenters. The van der Waals surface area contributed by atoms with Crippen LogP contribution < -0.4 is 10.6 Å². The number of carbonyl (C=O) groups excluding carboxylic acids is 4. The van der Waals surface area contributed by atoms with E-state index in [4.69, 9.17) is 16.3 Å². The quantitative estimate of drug-likeness (QED) is 0.595.